The normalized spacial score (nSPS) is 11.1. The van der Waals surface area contributed by atoms with E-state index in [1.54, 1.807) is 6.92 Å². The number of alkyl halides is 3. The van der Waals surface area contributed by atoms with Gasteiger partial charge in [0, 0.05) is 11.1 Å². The molecule has 0 amide bonds. The fraction of sp³-hybridized carbons (Fsp3) is 0.500. The van der Waals surface area contributed by atoms with Crippen LogP contribution in [0.25, 0.3) is 0 Å². The van der Waals surface area contributed by atoms with Gasteiger partial charge < -0.3 is 14.2 Å². The summed E-state index contributed by atoms with van der Waals surface area (Å²) < 4.78 is 50.3. The van der Waals surface area contributed by atoms with Crippen LogP contribution in [0.5, 0.6) is 11.6 Å². The second-order valence-electron chi connectivity index (χ2n) is 3.76. The van der Waals surface area contributed by atoms with Crippen molar-refractivity contribution >= 4 is 5.97 Å². The molecule has 0 spiro atoms. The molecule has 5 nitrogen and oxygen atoms in total. The summed E-state index contributed by atoms with van der Waals surface area (Å²) in [6.45, 7) is 3.19. The molecular formula is C12H14F3NO4. The lowest BCUT2D eigenvalue weighted by molar-refractivity contribution is -0.275. The molecule has 0 radical (unpaired) electrons. The summed E-state index contributed by atoms with van der Waals surface area (Å²) in [5.41, 5.74) is 0.329. The molecule has 0 aromatic carbocycles. The van der Waals surface area contributed by atoms with Crippen molar-refractivity contribution in [3.63, 3.8) is 0 Å². The lowest BCUT2D eigenvalue weighted by Gasteiger charge is -2.15. The highest BCUT2D eigenvalue weighted by Crippen LogP contribution is 2.31. The lowest BCUT2D eigenvalue weighted by Crippen LogP contribution is -2.19. The SMILES string of the molecule is CCOC(=O)Cc1c(OC)ncc(OC(F)(F)F)c1C. The molecule has 1 heterocycles. The van der Waals surface area contributed by atoms with Gasteiger partial charge in [-0.25, -0.2) is 4.98 Å². The number of esters is 1. The van der Waals surface area contributed by atoms with Crippen LogP contribution in [0.15, 0.2) is 6.20 Å². The van der Waals surface area contributed by atoms with Crippen molar-refractivity contribution in [2.45, 2.75) is 26.6 Å². The minimum atomic E-state index is -4.83. The molecule has 0 unspecified atom stereocenters. The number of carbonyl (C=O) groups is 1. The Morgan fingerprint density at radius 3 is 2.55 bits per heavy atom. The molecule has 0 saturated carbocycles. The van der Waals surface area contributed by atoms with E-state index < -0.39 is 18.1 Å². The quantitative estimate of drug-likeness (QED) is 0.780. The maximum absolute atomic E-state index is 12.2. The van der Waals surface area contributed by atoms with Crippen molar-refractivity contribution in [2.24, 2.45) is 0 Å². The Bertz CT molecular complexity index is 488. The Labute approximate surface area is 113 Å². The van der Waals surface area contributed by atoms with Crippen LogP contribution in [0.2, 0.25) is 0 Å². The van der Waals surface area contributed by atoms with Crippen molar-refractivity contribution in [3.8, 4) is 11.6 Å². The Morgan fingerprint density at radius 2 is 2.05 bits per heavy atom. The zero-order chi connectivity index (χ0) is 15.3. The first kappa shape index (κ1) is 16.1. The van der Waals surface area contributed by atoms with Crippen LogP contribution >= 0.6 is 0 Å². The maximum atomic E-state index is 12.2. The van der Waals surface area contributed by atoms with Crippen LogP contribution in [-0.4, -0.2) is 31.0 Å². The standard InChI is InChI=1S/C12H14F3NO4/c1-4-19-10(17)5-8-7(2)9(20-12(13,14)15)6-16-11(8)18-3/h6H,4-5H2,1-3H3. The van der Waals surface area contributed by atoms with Gasteiger partial charge in [-0.15, -0.1) is 13.2 Å². The van der Waals surface area contributed by atoms with E-state index in [0.717, 1.165) is 6.20 Å². The van der Waals surface area contributed by atoms with Gasteiger partial charge in [0.2, 0.25) is 5.88 Å². The molecule has 0 saturated heterocycles. The smallest absolute Gasteiger partial charge is 0.481 e. The van der Waals surface area contributed by atoms with E-state index in [0.29, 0.717) is 0 Å². The predicted molar refractivity (Wildman–Crippen MR) is 62.5 cm³/mol. The molecule has 1 rings (SSSR count). The topological polar surface area (TPSA) is 57.7 Å². The molecule has 0 aliphatic rings. The number of methoxy groups -OCH3 is 1. The molecule has 0 N–H and O–H groups in total. The largest absolute Gasteiger partial charge is 0.573 e. The molecule has 8 heteroatoms. The van der Waals surface area contributed by atoms with E-state index in [1.807, 2.05) is 0 Å². The van der Waals surface area contributed by atoms with E-state index in [9.17, 15) is 18.0 Å². The average Bonchev–Trinajstić information content (AvgIpc) is 2.33. The van der Waals surface area contributed by atoms with Crippen LogP contribution in [0.3, 0.4) is 0 Å². The van der Waals surface area contributed by atoms with Crippen LogP contribution in [0, 0.1) is 6.92 Å². The highest BCUT2D eigenvalue weighted by molar-refractivity contribution is 5.74. The van der Waals surface area contributed by atoms with Gasteiger partial charge in [-0.3, -0.25) is 4.79 Å². The molecule has 0 aliphatic carbocycles. The minimum Gasteiger partial charge on any atom is -0.481 e. The second kappa shape index (κ2) is 6.44. The first-order valence-corrected chi connectivity index (χ1v) is 5.72. The summed E-state index contributed by atoms with van der Waals surface area (Å²) in [6.07, 6.45) is -4.18. The zero-order valence-corrected chi connectivity index (χ0v) is 11.2. The molecule has 0 fully saturated rings. The van der Waals surface area contributed by atoms with Crippen LogP contribution < -0.4 is 9.47 Å². The zero-order valence-electron chi connectivity index (χ0n) is 11.2. The molecule has 20 heavy (non-hydrogen) atoms. The molecule has 0 bridgehead atoms. The van der Waals surface area contributed by atoms with E-state index in [2.05, 4.69) is 9.72 Å². The Hall–Kier alpha value is -1.99. The van der Waals surface area contributed by atoms with Crippen molar-refractivity contribution in [2.75, 3.05) is 13.7 Å². The third kappa shape index (κ3) is 4.29. The van der Waals surface area contributed by atoms with Crippen LogP contribution in [0.4, 0.5) is 13.2 Å². The Kier molecular flexibility index (Phi) is 5.18. The van der Waals surface area contributed by atoms with E-state index >= 15 is 0 Å². The number of ether oxygens (including phenoxy) is 3. The number of pyridine rings is 1. The molecule has 112 valence electrons. The Morgan fingerprint density at radius 1 is 1.40 bits per heavy atom. The number of nitrogens with zero attached hydrogens (tertiary/aromatic N) is 1. The summed E-state index contributed by atoms with van der Waals surface area (Å²) in [5.74, 6) is -0.998. The lowest BCUT2D eigenvalue weighted by atomic mass is 10.1. The first-order valence-electron chi connectivity index (χ1n) is 5.72. The van der Waals surface area contributed by atoms with Gasteiger partial charge in [0.25, 0.3) is 0 Å². The molecule has 1 aromatic rings. The van der Waals surface area contributed by atoms with Gasteiger partial charge in [0.05, 0.1) is 26.3 Å². The van der Waals surface area contributed by atoms with Gasteiger partial charge in [-0.05, 0) is 13.8 Å². The van der Waals surface area contributed by atoms with Gasteiger partial charge in [0.15, 0.2) is 5.75 Å². The second-order valence-corrected chi connectivity index (χ2v) is 3.76. The number of carbonyl (C=O) groups excluding carboxylic acids is 1. The van der Waals surface area contributed by atoms with Crippen LogP contribution in [-0.2, 0) is 16.0 Å². The van der Waals surface area contributed by atoms with E-state index in [-0.39, 0.29) is 30.0 Å². The van der Waals surface area contributed by atoms with Gasteiger partial charge in [0.1, 0.15) is 0 Å². The monoisotopic (exact) mass is 293 g/mol. The van der Waals surface area contributed by atoms with Crippen LogP contribution in [0.1, 0.15) is 18.1 Å². The molecule has 0 atom stereocenters. The number of halogens is 3. The van der Waals surface area contributed by atoms with Crippen molar-refractivity contribution in [3.05, 3.63) is 17.3 Å². The highest BCUT2D eigenvalue weighted by Gasteiger charge is 2.32. The number of rotatable bonds is 5. The number of aromatic nitrogens is 1. The molecular weight excluding hydrogens is 279 g/mol. The van der Waals surface area contributed by atoms with Crippen molar-refractivity contribution in [1.29, 1.82) is 0 Å². The molecule has 1 aromatic heterocycles. The molecule has 0 aliphatic heterocycles. The summed E-state index contributed by atoms with van der Waals surface area (Å²) in [6, 6.07) is 0. The average molecular weight is 293 g/mol. The van der Waals surface area contributed by atoms with Crippen molar-refractivity contribution in [1.82, 2.24) is 4.98 Å². The summed E-state index contributed by atoms with van der Waals surface area (Å²) in [4.78, 5) is 15.2. The highest BCUT2D eigenvalue weighted by atomic mass is 19.4. The first-order chi connectivity index (χ1) is 9.28. The predicted octanol–water partition coefficient (Wildman–Crippen LogP) is 2.40. The van der Waals surface area contributed by atoms with E-state index in [1.165, 1.54) is 14.0 Å². The number of hydrogen-bond donors (Lipinski definition) is 0. The van der Waals surface area contributed by atoms with Gasteiger partial charge >= 0.3 is 12.3 Å². The fourth-order valence-electron chi connectivity index (χ4n) is 1.57. The third-order valence-corrected chi connectivity index (χ3v) is 2.42. The minimum absolute atomic E-state index is 0.0603. The summed E-state index contributed by atoms with van der Waals surface area (Å²) in [5, 5.41) is 0. The van der Waals surface area contributed by atoms with Gasteiger partial charge in [-0.2, -0.15) is 0 Å². The summed E-state index contributed by atoms with van der Waals surface area (Å²) >= 11 is 0. The van der Waals surface area contributed by atoms with E-state index in [4.69, 9.17) is 9.47 Å². The number of hydrogen-bond acceptors (Lipinski definition) is 5. The van der Waals surface area contributed by atoms with Crippen molar-refractivity contribution < 1.29 is 32.2 Å². The van der Waals surface area contributed by atoms with Gasteiger partial charge in [-0.1, -0.05) is 0 Å². The Balaban J connectivity index is 3.12. The summed E-state index contributed by atoms with van der Waals surface area (Å²) in [7, 11) is 1.31. The third-order valence-electron chi connectivity index (χ3n) is 2.42. The fourth-order valence-corrected chi connectivity index (χ4v) is 1.57. The maximum Gasteiger partial charge on any atom is 0.573 e.